The molecule has 2 heteroatoms. The molecule has 1 aromatic carbocycles. The number of likely N-dealkylation sites (tertiary alicyclic amines) is 1. The van der Waals surface area contributed by atoms with Crippen LogP contribution in [0.25, 0.3) is 0 Å². The van der Waals surface area contributed by atoms with Crippen molar-refractivity contribution in [2.75, 3.05) is 19.7 Å². The molecule has 0 aliphatic carbocycles. The van der Waals surface area contributed by atoms with Gasteiger partial charge in [0, 0.05) is 31.7 Å². The van der Waals surface area contributed by atoms with Crippen molar-refractivity contribution >= 4 is 0 Å². The Bertz CT molecular complexity index is 338. The van der Waals surface area contributed by atoms with Crippen LogP contribution in [0, 0.1) is 11.3 Å². The van der Waals surface area contributed by atoms with E-state index in [2.05, 4.69) is 43.0 Å². The Morgan fingerprint density at radius 1 is 1.38 bits per heavy atom. The van der Waals surface area contributed by atoms with E-state index < -0.39 is 0 Å². The second kappa shape index (κ2) is 4.56. The van der Waals surface area contributed by atoms with Crippen molar-refractivity contribution in [3.05, 3.63) is 35.9 Å². The molecule has 0 bridgehead atoms. The van der Waals surface area contributed by atoms with E-state index in [1.54, 1.807) is 0 Å². The zero-order chi connectivity index (χ0) is 11.6. The van der Waals surface area contributed by atoms with E-state index in [1.807, 2.05) is 6.07 Å². The van der Waals surface area contributed by atoms with E-state index in [9.17, 15) is 5.11 Å². The van der Waals surface area contributed by atoms with E-state index in [0.29, 0.717) is 12.5 Å². The summed E-state index contributed by atoms with van der Waals surface area (Å²) >= 11 is 0. The lowest BCUT2D eigenvalue weighted by atomic mass is 9.82. The van der Waals surface area contributed by atoms with Crippen LogP contribution in [0.5, 0.6) is 0 Å². The van der Waals surface area contributed by atoms with E-state index in [4.69, 9.17) is 0 Å². The Kier molecular flexibility index (Phi) is 3.31. The van der Waals surface area contributed by atoms with Crippen LogP contribution in [0.15, 0.2) is 30.3 Å². The number of aliphatic hydroxyl groups excluding tert-OH is 1. The second-order valence-corrected chi connectivity index (χ2v) is 5.37. The maximum absolute atomic E-state index is 9.45. The van der Waals surface area contributed by atoms with Crippen molar-refractivity contribution in [2.24, 2.45) is 11.3 Å². The molecule has 2 nitrogen and oxygen atoms in total. The van der Waals surface area contributed by atoms with E-state index in [-0.39, 0.29) is 5.41 Å². The zero-order valence-electron chi connectivity index (χ0n) is 10.2. The van der Waals surface area contributed by atoms with Gasteiger partial charge >= 0.3 is 0 Å². The SMILES string of the molecule is C[C@@H]1CN(Cc2ccccc2)C[C@@]1(C)CO. The van der Waals surface area contributed by atoms with Crippen molar-refractivity contribution in [1.29, 1.82) is 0 Å². The first-order valence-corrected chi connectivity index (χ1v) is 6.01. The van der Waals surface area contributed by atoms with Crippen molar-refractivity contribution in [3.8, 4) is 0 Å². The molecule has 1 aliphatic rings. The van der Waals surface area contributed by atoms with Gasteiger partial charge in [-0.2, -0.15) is 0 Å². The van der Waals surface area contributed by atoms with Crippen LogP contribution in [-0.4, -0.2) is 29.7 Å². The quantitative estimate of drug-likeness (QED) is 0.842. The van der Waals surface area contributed by atoms with Crippen molar-refractivity contribution in [2.45, 2.75) is 20.4 Å². The molecule has 16 heavy (non-hydrogen) atoms. The van der Waals surface area contributed by atoms with Gasteiger partial charge in [0.2, 0.25) is 0 Å². The number of hydrogen-bond acceptors (Lipinski definition) is 2. The summed E-state index contributed by atoms with van der Waals surface area (Å²) in [5, 5.41) is 9.45. The van der Waals surface area contributed by atoms with E-state index in [0.717, 1.165) is 19.6 Å². The molecule has 1 aliphatic heterocycles. The third kappa shape index (κ3) is 2.28. The van der Waals surface area contributed by atoms with Crippen LogP contribution in [0.4, 0.5) is 0 Å². The van der Waals surface area contributed by atoms with Gasteiger partial charge in [0.05, 0.1) is 0 Å². The molecule has 0 unspecified atom stereocenters. The Labute approximate surface area is 97.9 Å². The topological polar surface area (TPSA) is 23.5 Å². The molecule has 2 rings (SSSR count). The zero-order valence-corrected chi connectivity index (χ0v) is 10.2. The van der Waals surface area contributed by atoms with Gasteiger partial charge < -0.3 is 5.11 Å². The van der Waals surface area contributed by atoms with Crippen LogP contribution in [0.2, 0.25) is 0 Å². The number of benzene rings is 1. The summed E-state index contributed by atoms with van der Waals surface area (Å²) < 4.78 is 0. The largest absolute Gasteiger partial charge is 0.396 e. The van der Waals surface area contributed by atoms with Gasteiger partial charge in [0.25, 0.3) is 0 Å². The van der Waals surface area contributed by atoms with Crippen molar-refractivity contribution in [3.63, 3.8) is 0 Å². The molecule has 2 atom stereocenters. The Hall–Kier alpha value is -0.860. The number of rotatable bonds is 3. The lowest BCUT2D eigenvalue weighted by molar-refractivity contribution is 0.117. The van der Waals surface area contributed by atoms with Gasteiger partial charge in [-0.05, 0) is 11.5 Å². The maximum atomic E-state index is 9.45. The lowest BCUT2D eigenvalue weighted by Crippen LogP contribution is -2.30. The standard InChI is InChI=1S/C14H21NO/c1-12-8-15(10-14(12,2)11-16)9-13-6-4-3-5-7-13/h3-7,12,16H,8-11H2,1-2H3/t12-,14+/m1/s1. The van der Waals surface area contributed by atoms with Crippen LogP contribution >= 0.6 is 0 Å². The van der Waals surface area contributed by atoms with Crippen LogP contribution in [-0.2, 0) is 6.54 Å². The third-order valence-corrected chi connectivity index (χ3v) is 3.92. The molecule has 0 amide bonds. The van der Waals surface area contributed by atoms with Crippen molar-refractivity contribution in [1.82, 2.24) is 4.90 Å². The predicted octanol–water partition coefficient (Wildman–Crippen LogP) is 2.14. The highest BCUT2D eigenvalue weighted by Crippen LogP contribution is 2.35. The normalized spacial score (nSPS) is 30.8. The summed E-state index contributed by atoms with van der Waals surface area (Å²) in [6, 6.07) is 10.5. The van der Waals surface area contributed by atoms with Gasteiger partial charge in [-0.3, -0.25) is 4.90 Å². The fraction of sp³-hybridized carbons (Fsp3) is 0.571. The minimum atomic E-state index is 0.0782. The molecule has 1 fully saturated rings. The first kappa shape index (κ1) is 11.6. The number of aliphatic hydroxyl groups is 1. The average molecular weight is 219 g/mol. The highest BCUT2D eigenvalue weighted by atomic mass is 16.3. The van der Waals surface area contributed by atoms with Crippen LogP contribution in [0.1, 0.15) is 19.4 Å². The summed E-state index contributed by atoms with van der Waals surface area (Å²) in [6.07, 6.45) is 0. The summed E-state index contributed by atoms with van der Waals surface area (Å²) in [6.45, 7) is 7.80. The molecule has 0 spiro atoms. The summed E-state index contributed by atoms with van der Waals surface area (Å²) in [7, 11) is 0. The van der Waals surface area contributed by atoms with E-state index >= 15 is 0 Å². The van der Waals surface area contributed by atoms with Gasteiger partial charge in [-0.1, -0.05) is 44.2 Å². The van der Waals surface area contributed by atoms with Gasteiger partial charge in [0.1, 0.15) is 0 Å². The minimum absolute atomic E-state index is 0.0782. The molecule has 88 valence electrons. The van der Waals surface area contributed by atoms with Gasteiger partial charge in [0.15, 0.2) is 0 Å². The molecule has 0 radical (unpaired) electrons. The fourth-order valence-corrected chi connectivity index (χ4v) is 2.51. The average Bonchev–Trinajstić information content (AvgIpc) is 2.56. The highest BCUT2D eigenvalue weighted by molar-refractivity contribution is 5.15. The molecular formula is C14H21NO. The molecule has 1 heterocycles. The molecule has 0 aromatic heterocycles. The Balaban J connectivity index is 1.99. The molecule has 1 aromatic rings. The van der Waals surface area contributed by atoms with Crippen molar-refractivity contribution < 1.29 is 5.11 Å². The fourth-order valence-electron chi connectivity index (χ4n) is 2.51. The summed E-state index contributed by atoms with van der Waals surface area (Å²) in [5.74, 6) is 0.571. The predicted molar refractivity (Wildman–Crippen MR) is 66.1 cm³/mol. The molecule has 0 saturated carbocycles. The number of nitrogens with zero attached hydrogens (tertiary/aromatic N) is 1. The Morgan fingerprint density at radius 3 is 2.62 bits per heavy atom. The summed E-state index contributed by atoms with van der Waals surface area (Å²) in [5.41, 5.74) is 1.44. The number of hydrogen-bond donors (Lipinski definition) is 1. The second-order valence-electron chi connectivity index (χ2n) is 5.37. The maximum Gasteiger partial charge on any atom is 0.0500 e. The molecule has 1 N–H and O–H groups in total. The molecular weight excluding hydrogens is 198 g/mol. The highest BCUT2D eigenvalue weighted by Gasteiger charge is 2.39. The monoisotopic (exact) mass is 219 g/mol. The van der Waals surface area contributed by atoms with Gasteiger partial charge in [-0.15, -0.1) is 0 Å². The first-order chi connectivity index (χ1) is 7.64. The van der Waals surface area contributed by atoms with Crippen LogP contribution in [0.3, 0.4) is 0 Å². The smallest absolute Gasteiger partial charge is 0.0500 e. The third-order valence-electron chi connectivity index (χ3n) is 3.92. The van der Waals surface area contributed by atoms with E-state index in [1.165, 1.54) is 5.56 Å². The first-order valence-electron chi connectivity index (χ1n) is 6.01. The lowest BCUT2D eigenvalue weighted by Gasteiger charge is -2.25. The summed E-state index contributed by atoms with van der Waals surface area (Å²) in [4.78, 5) is 2.44. The van der Waals surface area contributed by atoms with Crippen LogP contribution < -0.4 is 0 Å². The van der Waals surface area contributed by atoms with Gasteiger partial charge in [-0.25, -0.2) is 0 Å². The minimum Gasteiger partial charge on any atom is -0.396 e. The Morgan fingerprint density at radius 2 is 2.06 bits per heavy atom. The molecule has 1 saturated heterocycles.